The Morgan fingerprint density at radius 3 is 1.37 bits per heavy atom. The lowest BCUT2D eigenvalue weighted by Gasteiger charge is -2.18. The molecule has 0 aromatic carbocycles. The molecule has 300 valence electrons. The summed E-state index contributed by atoms with van der Waals surface area (Å²) in [5, 5.41) is 0. The van der Waals surface area contributed by atoms with Gasteiger partial charge in [-0.05, 0) is 57.8 Å². The molecular weight excluding hydrogens is 645 g/mol. The lowest BCUT2D eigenvalue weighted by molar-refractivity contribution is -0.163. The molecule has 1 atom stereocenters. The molecule has 0 heterocycles. The van der Waals surface area contributed by atoms with Gasteiger partial charge in [0.2, 0.25) is 0 Å². The Morgan fingerprint density at radius 1 is 0.442 bits per heavy atom. The van der Waals surface area contributed by atoms with Crippen LogP contribution in [0.15, 0.2) is 60.8 Å². The number of unbranched alkanes of at least 4 members (excludes halogenated alkanes) is 18. The fourth-order valence-electron chi connectivity index (χ4n) is 5.84. The third-order valence-electron chi connectivity index (χ3n) is 9.07. The molecule has 0 aliphatic rings. The molecule has 0 saturated carbocycles. The van der Waals surface area contributed by atoms with Crippen LogP contribution in [0.2, 0.25) is 0 Å². The number of carbonyl (C=O) groups excluding carboxylic acids is 2. The van der Waals surface area contributed by atoms with Crippen molar-refractivity contribution in [2.75, 3.05) is 19.8 Å². The summed E-state index contributed by atoms with van der Waals surface area (Å²) in [6, 6.07) is 0. The van der Waals surface area contributed by atoms with Crippen LogP contribution in [0.5, 0.6) is 0 Å². The first-order valence-electron chi connectivity index (χ1n) is 21.8. The van der Waals surface area contributed by atoms with Crippen LogP contribution in [0.4, 0.5) is 0 Å². The van der Waals surface area contributed by atoms with Crippen molar-refractivity contribution in [3.05, 3.63) is 60.8 Å². The molecule has 0 N–H and O–H groups in total. The van der Waals surface area contributed by atoms with E-state index >= 15 is 0 Å². The van der Waals surface area contributed by atoms with Crippen LogP contribution >= 0.6 is 0 Å². The summed E-state index contributed by atoms with van der Waals surface area (Å²) in [7, 11) is 0. The lowest BCUT2D eigenvalue weighted by Crippen LogP contribution is -2.30. The van der Waals surface area contributed by atoms with E-state index in [1.54, 1.807) is 0 Å². The molecule has 0 saturated heterocycles. The van der Waals surface area contributed by atoms with Gasteiger partial charge >= 0.3 is 11.9 Å². The number of hydrogen-bond acceptors (Lipinski definition) is 5. The molecule has 0 aromatic rings. The molecule has 0 radical (unpaired) electrons. The van der Waals surface area contributed by atoms with E-state index < -0.39 is 6.10 Å². The summed E-state index contributed by atoms with van der Waals surface area (Å²) >= 11 is 0. The van der Waals surface area contributed by atoms with Crippen molar-refractivity contribution >= 4 is 11.9 Å². The Labute approximate surface area is 322 Å². The zero-order chi connectivity index (χ0) is 37.8. The van der Waals surface area contributed by atoms with E-state index in [0.29, 0.717) is 19.4 Å². The standard InChI is InChI=1S/C47H82O5/c1-4-7-10-13-16-18-20-22-23-24-25-27-28-30-32-34-37-40-46(48)51-44-45(43-50-42-39-36-15-12-9-6-3)52-47(49)41-38-35-33-31-29-26-21-19-17-14-11-8-5-2/h7,10,16,18,22-23,25,27,30,32,45H,4-6,8-9,11-15,17,19-21,24,26,28-29,31,33-44H2,1-3H3/b10-7-,18-16-,23-22-,27-25-,32-30-. The van der Waals surface area contributed by atoms with Gasteiger partial charge in [0, 0.05) is 19.4 Å². The SMILES string of the molecule is CC/C=C\C/C=C\C/C=C\C/C=C\C/C=C\CCCC(=O)OCC(COCCCCCCCC)OC(=O)CCCCCCCCCCCCCCC. The molecule has 5 nitrogen and oxygen atoms in total. The first-order chi connectivity index (χ1) is 25.6. The van der Waals surface area contributed by atoms with E-state index in [1.807, 2.05) is 0 Å². The van der Waals surface area contributed by atoms with Crippen molar-refractivity contribution in [1.29, 1.82) is 0 Å². The van der Waals surface area contributed by atoms with E-state index in [1.165, 1.54) is 96.3 Å². The van der Waals surface area contributed by atoms with Crippen LogP contribution in [0.3, 0.4) is 0 Å². The maximum Gasteiger partial charge on any atom is 0.306 e. The largest absolute Gasteiger partial charge is 0.462 e. The zero-order valence-corrected chi connectivity index (χ0v) is 34.3. The number of ether oxygens (including phenoxy) is 3. The van der Waals surface area contributed by atoms with Crippen LogP contribution in [-0.4, -0.2) is 37.9 Å². The van der Waals surface area contributed by atoms with Gasteiger partial charge in [-0.15, -0.1) is 0 Å². The van der Waals surface area contributed by atoms with Gasteiger partial charge in [0.25, 0.3) is 0 Å². The first kappa shape index (κ1) is 49.6. The second-order valence-electron chi connectivity index (χ2n) is 14.2. The molecule has 0 aliphatic heterocycles. The minimum absolute atomic E-state index is 0.0569. The van der Waals surface area contributed by atoms with Crippen LogP contribution in [-0.2, 0) is 23.8 Å². The van der Waals surface area contributed by atoms with E-state index in [4.69, 9.17) is 14.2 Å². The van der Waals surface area contributed by atoms with Gasteiger partial charge in [0.15, 0.2) is 6.10 Å². The summed E-state index contributed by atoms with van der Waals surface area (Å²) in [5.41, 5.74) is 0. The van der Waals surface area contributed by atoms with Gasteiger partial charge in [-0.3, -0.25) is 9.59 Å². The first-order valence-corrected chi connectivity index (χ1v) is 21.8. The Hall–Kier alpha value is -2.40. The summed E-state index contributed by atoms with van der Waals surface area (Å²) < 4.78 is 17.1. The van der Waals surface area contributed by atoms with Crippen molar-refractivity contribution in [3.8, 4) is 0 Å². The van der Waals surface area contributed by atoms with E-state index in [0.717, 1.165) is 70.6 Å². The van der Waals surface area contributed by atoms with Gasteiger partial charge in [0.1, 0.15) is 6.61 Å². The minimum Gasteiger partial charge on any atom is -0.462 e. The topological polar surface area (TPSA) is 61.8 Å². The van der Waals surface area contributed by atoms with E-state index in [-0.39, 0.29) is 25.2 Å². The molecule has 0 fully saturated rings. The minimum atomic E-state index is -0.551. The molecule has 0 amide bonds. The molecule has 1 unspecified atom stereocenters. The van der Waals surface area contributed by atoms with Gasteiger partial charge in [-0.25, -0.2) is 0 Å². The van der Waals surface area contributed by atoms with E-state index in [2.05, 4.69) is 81.5 Å². The van der Waals surface area contributed by atoms with Crippen LogP contribution in [0.25, 0.3) is 0 Å². The van der Waals surface area contributed by atoms with Crippen molar-refractivity contribution < 1.29 is 23.8 Å². The molecule has 0 spiro atoms. The number of carbonyl (C=O) groups is 2. The van der Waals surface area contributed by atoms with E-state index in [9.17, 15) is 9.59 Å². The number of allylic oxidation sites excluding steroid dienone is 10. The predicted molar refractivity (Wildman–Crippen MR) is 224 cm³/mol. The number of esters is 2. The summed E-state index contributed by atoms with van der Waals surface area (Å²) in [6.45, 7) is 7.61. The number of rotatable bonds is 39. The summed E-state index contributed by atoms with van der Waals surface area (Å²) in [5.74, 6) is -0.466. The van der Waals surface area contributed by atoms with Crippen molar-refractivity contribution in [1.82, 2.24) is 0 Å². The third kappa shape index (κ3) is 40.4. The average Bonchev–Trinajstić information content (AvgIpc) is 3.14. The maximum atomic E-state index is 12.6. The molecule has 52 heavy (non-hydrogen) atoms. The fourth-order valence-corrected chi connectivity index (χ4v) is 5.84. The van der Waals surface area contributed by atoms with Crippen molar-refractivity contribution in [2.45, 2.75) is 207 Å². The van der Waals surface area contributed by atoms with Crippen LogP contribution < -0.4 is 0 Å². The van der Waals surface area contributed by atoms with Crippen LogP contribution in [0, 0.1) is 0 Å². The summed E-state index contributed by atoms with van der Waals surface area (Å²) in [6.07, 6.45) is 52.3. The highest BCUT2D eigenvalue weighted by molar-refractivity contribution is 5.70. The normalized spacial score (nSPS) is 12.8. The molecule has 0 aromatic heterocycles. The lowest BCUT2D eigenvalue weighted by atomic mass is 10.0. The molecule has 0 rings (SSSR count). The van der Waals surface area contributed by atoms with Gasteiger partial charge in [-0.2, -0.15) is 0 Å². The zero-order valence-electron chi connectivity index (χ0n) is 34.3. The average molecular weight is 727 g/mol. The maximum absolute atomic E-state index is 12.6. The highest BCUT2D eigenvalue weighted by atomic mass is 16.6. The Bertz CT molecular complexity index is 915. The van der Waals surface area contributed by atoms with Crippen molar-refractivity contribution in [3.63, 3.8) is 0 Å². The molecule has 0 bridgehead atoms. The van der Waals surface area contributed by atoms with Gasteiger partial charge in [-0.1, -0.05) is 191 Å². The van der Waals surface area contributed by atoms with Gasteiger partial charge in [0.05, 0.1) is 6.61 Å². The second-order valence-corrected chi connectivity index (χ2v) is 14.2. The highest BCUT2D eigenvalue weighted by Crippen LogP contribution is 2.14. The third-order valence-corrected chi connectivity index (χ3v) is 9.07. The fraction of sp³-hybridized carbons (Fsp3) is 0.745. The highest BCUT2D eigenvalue weighted by Gasteiger charge is 2.17. The molecule has 0 aliphatic carbocycles. The predicted octanol–water partition coefficient (Wildman–Crippen LogP) is 14.2. The Morgan fingerprint density at radius 2 is 0.865 bits per heavy atom. The monoisotopic (exact) mass is 727 g/mol. The van der Waals surface area contributed by atoms with Crippen molar-refractivity contribution in [2.24, 2.45) is 0 Å². The van der Waals surface area contributed by atoms with Gasteiger partial charge < -0.3 is 14.2 Å². The molecular formula is C47H82O5. The van der Waals surface area contributed by atoms with Crippen LogP contribution in [0.1, 0.15) is 201 Å². The Balaban J connectivity index is 4.23. The molecule has 5 heteroatoms. The second kappa shape index (κ2) is 43.0. The number of hydrogen-bond donors (Lipinski definition) is 0. The smallest absolute Gasteiger partial charge is 0.306 e. The Kier molecular flexibility index (Phi) is 41.0. The quantitative estimate of drug-likeness (QED) is 0.0358. The summed E-state index contributed by atoms with van der Waals surface area (Å²) in [4.78, 5) is 25.1.